The van der Waals surface area contributed by atoms with Gasteiger partial charge in [-0.25, -0.2) is 4.98 Å². The molecule has 0 saturated heterocycles. The maximum atomic E-state index is 5.08. The van der Waals surface area contributed by atoms with Crippen molar-refractivity contribution in [1.82, 2.24) is 9.97 Å². The number of benzene rings is 5. The van der Waals surface area contributed by atoms with Gasteiger partial charge in [0.15, 0.2) is 0 Å². The first kappa shape index (κ1) is 25.1. The summed E-state index contributed by atoms with van der Waals surface area (Å²) in [6.07, 6.45) is 1.83. The van der Waals surface area contributed by atoms with E-state index in [4.69, 9.17) is 9.97 Å². The average molecular weight is 590 g/mol. The van der Waals surface area contributed by atoms with E-state index in [1.807, 2.05) is 24.4 Å². The van der Waals surface area contributed by atoms with E-state index in [-0.39, 0.29) is 0 Å². The Kier molecular flexibility index (Phi) is 6.72. The summed E-state index contributed by atoms with van der Waals surface area (Å²) in [5, 5.41) is 2.20. The Labute approximate surface area is 248 Å². The van der Waals surface area contributed by atoms with Crippen LogP contribution in [0.2, 0.25) is 0 Å². The van der Waals surface area contributed by atoms with Gasteiger partial charge in [-0.3, -0.25) is 4.98 Å². The second-order valence-corrected chi connectivity index (χ2v) is 10.7. The third-order valence-corrected chi connectivity index (χ3v) is 7.82. The van der Waals surface area contributed by atoms with E-state index in [1.165, 1.54) is 16.7 Å². The molecule has 7 aromatic rings. The molecule has 0 aliphatic rings. The molecule has 0 saturated carbocycles. The van der Waals surface area contributed by atoms with Crippen molar-refractivity contribution in [1.29, 1.82) is 0 Å². The van der Waals surface area contributed by atoms with Gasteiger partial charge in [0.25, 0.3) is 0 Å². The molecule has 2 heterocycles. The zero-order valence-corrected chi connectivity index (χ0v) is 23.8. The Morgan fingerprint density at radius 1 is 0.439 bits per heavy atom. The van der Waals surface area contributed by atoms with Crippen LogP contribution in [0.1, 0.15) is 0 Å². The molecule has 0 unspecified atom stereocenters. The van der Waals surface area contributed by atoms with Crippen LogP contribution in [-0.2, 0) is 0 Å². The second kappa shape index (κ2) is 11.0. The summed E-state index contributed by atoms with van der Waals surface area (Å²) in [5.41, 5.74) is 11.0. The number of halogens is 1. The Morgan fingerprint density at radius 3 is 1.37 bits per heavy atom. The van der Waals surface area contributed by atoms with E-state index in [2.05, 4.69) is 143 Å². The highest BCUT2D eigenvalue weighted by atomic mass is 79.9. The molecule has 0 bridgehead atoms. The van der Waals surface area contributed by atoms with Crippen molar-refractivity contribution in [3.05, 3.63) is 156 Å². The number of pyridine rings is 2. The Bertz CT molecular complexity index is 1960. The fourth-order valence-corrected chi connectivity index (χ4v) is 6.15. The number of hydrogen-bond donors (Lipinski definition) is 0. The highest BCUT2D eigenvalue weighted by Gasteiger charge is 2.26. The van der Waals surface area contributed by atoms with Gasteiger partial charge in [0.1, 0.15) is 4.60 Å². The van der Waals surface area contributed by atoms with Gasteiger partial charge < -0.3 is 0 Å². The molecule has 0 atom stereocenters. The van der Waals surface area contributed by atoms with Crippen LogP contribution in [0.4, 0.5) is 0 Å². The van der Waals surface area contributed by atoms with Crippen molar-refractivity contribution < 1.29 is 0 Å². The van der Waals surface area contributed by atoms with Gasteiger partial charge >= 0.3 is 0 Å². The number of aromatic nitrogens is 2. The molecule has 41 heavy (non-hydrogen) atoms. The van der Waals surface area contributed by atoms with Crippen molar-refractivity contribution >= 4 is 26.7 Å². The predicted octanol–water partition coefficient (Wildman–Crippen LogP) is 10.7. The van der Waals surface area contributed by atoms with Crippen molar-refractivity contribution in [2.75, 3.05) is 0 Å². The molecule has 0 radical (unpaired) electrons. The molecular weight excluding hydrogens is 564 g/mol. The molecule has 0 amide bonds. The highest BCUT2D eigenvalue weighted by molar-refractivity contribution is 9.10. The number of rotatable bonds is 5. The molecule has 2 nitrogen and oxygen atoms in total. The van der Waals surface area contributed by atoms with E-state index < -0.39 is 0 Å². The van der Waals surface area contributed by atoms with E-state index in [0.717, 1.165) is 54.6 Å². The second-order valence-electron chi connectivity index (χ2n) is 9.90. The van der Waals surface area contributed by atoms with Crippen molar-refractivity contribution in [3.63, 3.8) is 0 Å². The van der Waals surface area contributed by atoms with Crippen LogP contribution in [0, 0.1) is 0 Å². The maximum Gasteiger partial charge on any atom is 0.107 e. The van der Waals surface area contributed by atoms with Gasteiger partial charge in [-0.15, -0.1) is 0 Å². The summed E-state index contributed by atoms with van der Waals surface area (Å²) in [6.45, 7) is 0. The molecule has 0 spiro atoms. The van der Waals surface area contributed by atoms with E-state index in [9.17, 15) is 0 Å². The lowest BCUT2D eigenvalue weighted by molar-refractivity contribution is 1.24. The van der Waals surface area contributed by atoms with Crippen LogP contribution in [0.15, 0.2) is 156 Å². The number of fused-ring (bicyclic) bond motifs is 1. The number of hydrogen-bond acceptors (Lipinski definition) is 2. The van der Waals surface area contributed by atoms with Crippen LogP contribution in [0.3, 0.4) is 0 Å². The minimum absolute atomic E-state index is 0.772. The van der Waals surface area contributed by atoms with Crippen LogP contribution in [-0.4, -0.2) is 9.97 Å². The first-order valence-electron chi connectivity index (χ1n) is 13.6. The molecule has 0 fully saturated rings. The predicted molar refractivity (Wildman–Crippen MR) is 174 cm³/mol. The topological polar surface area (TPSA) is 25.8 Å². The monoisotopic (exact) mass is 588 g/mol. The largest absolute Gasteiger partial charge is 0.255 e. The summed E-state index contributed by atoms with van der Waals surface area (Å²) in [7, 11) is 0. The number of nitrogens with zero attached hydrogens (tertiary/aromatic N) is 2. The van der Waals surface area contributed by atoms with Crippen LogP contribution in [0.5, 0.6) is 0 Å². The third kappa shape index (κ3) is 4.65. The molecule has 5 aromatic carbocycles. The zero-order valence-electron chi connectivity index (χ0n) is 22.2. The summed E-state index contributed by atoms with van der Waals surface area (Å²) < 4.78 is 0.772. The van der Waals surface area contributed by atoms with Gasteiger partial charge in [0.2, 0.25) is 0 Å². The molecule has 0 N–H and O–H groups in total. The van der Waals surface area contributed by atoms with E-state index >= 15 is 0 Å². The Balaban J connectivity index is 1.81. The minimum atomic E-state index is 0.772. The lowest BCUT2D eigenvalue weighted by Crippen LogP contribution is -2.00. The lowest BCUT2D eigenvalue weighted by atomic mass is 9.78. The van der Waals surface area contributed by atoms with Gasteiger partial charge in [-0.05, 0) is 78.5 Å². The third-order valence-electron chi connectivity index (χ3n) is 7.41. The quantitative estimate of drug-likeness (QED) is 0.187. The van der Waals surface area contributed by atoms with Crippen LogP contribution >= 0.6 is 15.9 Å². The molecule has 3 heteroatoms. The summed E-state index contributed by atoms with van der Waals surface area (Å²) >= 11 is 3.77. The van der Waals surface area contributed by atoms with Gasteiger partial charge in [0, 0.05) is 17.1 Å². The average Bonchev–Trinajstić information content (AvgIpc) is 3.05. The molecule has 194 valence electrons. The Morgan fingerprint density at radius 2 is 0.878 bits per heavy atom. The van der Waals surface area contributed by atoms with Gasteiger partial charge in [0.05, 0.1) is 11.4 Å². The zero-order chi connectivity index (χ0) is 27.6. The minimum Gasteiger partial charge on any atom is -0.255 e. The highest BCUT2D eigenvalue weighted by Crippen LogP contribution is 2.52. The van der Waals surface area contributed by atoms with Crippen molar-refractivity contribution in [2.24, 2.45) is 0 Å². The molecule has 0 aliphatic carbocycles. The molecule has 7 rings (SSSR count). The van der Waals surface area contributed by atoms with Crippen LogP contribution in [0.25, 0.3) is 66.7 Å². The van der Waals surface area contributed by atoms with Crippen molar-refractivity contribution in [2.45, 2.75) is 0 Å². The van der Waals surface area contributed by atoms with Gasteiger partial charge in [-0.2, -0.15) is 0 Å². The lowest BCUT2D eigenvalue weighted by Gasteiger charge is -2.25. The summed E-state index contributed by atoms with van der Waals surface area (Å²) in [6, 6.07) is 51.0. The van der Waals surface area contributed by atoms with Gasteiger partial charge in [-0.1, -0.05) is 127 Å². The standard InChI is InChI=1S/C38H25BrN2/c39-32-25-30-33(26-15-5-1-6-16-26)34(27-17-7-2-8-18-27)35(28-19-9-3-10-20-28)36(29-21-11-4-12-22-29)37(30)38(41-32)31-23-13-14-24-40-31/h1-25H. The fraction of sp³-hybridized carbons (Fsp3) is 0. The first-order chi connectivity index (χ1) is 20.3. The fourth-order valence-electron chi connectivity index (χ4n) is 5.75. The summed E-state index contributed by atoms with van der Waals surface area (Å²) in [5.74, 6) is 0. The van der Waals surface area contributed by atoms with E-state index in [1.54, 1.807) is 0 Å². The van der Waals surface area contributed by atoms with Crippen molar-refractivity contribution in [3.8, 4) is 55.9 Å². The SMILES string of the molecule is Brc1cc2c(-c3ccccc3)c(-c3ccccc3)c(-c3ccccc3)c(-c3ccccc3)c2c(-c2ccccn2)n1. The maximum absolute atomic E-state index is 5.08. The van der Waals surface area contributed by atoms with E-state index in [0.29, 0.717) is 0 Å². The van der Waals surface area contributed by atoms with Crippen LogP contribution < -0.4 is 0 Å². The first-order valence-corrected chi connectivity index (χ1v) is 14.4. The Hall–Kier alpha value is -4.86. The molecule has 2 aromatic heterocycles. The smallest absolute Gasteiger partial charge is 0.107 e. The normalized spacial score (nSPS) is 11.0. The molecule has 0 aliphatic heterocycles. The molecular formula is C38H25BrN2. The summed E-state index contributed by atoms with van der Waals surface area (Å²) in [4.78, 5) is 9.86.